The van der Waals surface area contributed by atoms with Gasteiger partial charge in [-0.25, -0.2) is 0 Å². The third kappa shape index (κ3) is 3.88. The Labute approximate surface area is 186 Å². The molecule has 5 unspecified atom stereocenters. The van der Waals surface area contributed by atoms with Crippen molar-refractivity contribution in [3.8, 4) is 0 Å². The average Bonchev–Trinajstić information content (AvgIpc) is 3.06. The number of carbonyl (C=O) groups excluding carboxylic acids is 2. The Morgan fingerprint density at radius 1 is 1.23 bits per heavy atom. The molecule has 0 bridgehead atoms. The maximum Gasteiger partial charge on any atom is 0.310 e. The number of rotatable bonds is 4. The molecule has 2 aliphatic carbocycles. The van der Waals surface area contributed by atoms with Gasteiger partial charge in [-0.3, -0.25) is 9.59 Å². The quantitative estimate of drug-likeness (QED) is 0.394. The van der Waals surface area contributed by atoms with Crippen molar-refractivity contribution in [1.82, 2.24) is 4.90 Å². The second-order valence-corrected chi connectivity index (χ2v) is 10.7. The Hall–Kier alpha value is -1.94. The monoisotopic (exact) mass is 421 g/mol. The van der Waals surface area contributed by atoms with Crippen molar-refractivity contribution < 1.29 is 14.3 Å². The van der Waals surface area contributed by atoms with Crippen LogP contribution in [0.1, 0.15) is 62.2 Å². The lowest BCUT2D eigenvalue weighted by atomic mass is 9.55. The van der Waals surface area contributed by atoms with Gasteiger partial charge < -0.3 is 9.64 Å². The van der Waals surface area contributed by atoms with E-state index in [4.69, 9.17) is 4.74 Å². The van der Waals surface area contributed by atoms with Gasteiger partial charge in [0.2, 0.25) is 0 Å². The minimum Gasteiger partial charge on any atom is -0.462 e. The molecule has 0 amide bonds. The van der Waals surface area contributed by atoms with E-state index in [9.17, 15) is 9.59 Å². The minimum absolute atomic E-state index is 0.00495. The summed E-state index contributed by atoms with van der Waals surface area (Å²) in [5, 5.41) is 0. The van der Waals surface area contributed by atoms with E-state index in [-0.39, 0.29) is 35.1 Å². The van der Waals surface area contributed by atoms with Crippen LogP contribution in [0.5, 0.6) is 0 Å². The van der Waals surface area contributed by atoms with E-state index in [0.717, 1.165) is 57.3 Å². The van der Waals surface area contributed by atoms with Crippen LogP contribution in [-0.2, 0) is 9.53 Å². The summed E-state index contributed by atoms with van der Waals surface area (Å²) in [6.45, 7) is 9.34. The number of piperidine rings is 1. The number of Topliss-reactive ketones (excluding diaryl/α,β-unsaturated/α-hetero) is 1. The lowest BCUT2D eigenvalue weighted by Crippen LogP contribution is -2.46. The number of ketones is 1. The molecule has 0 aromatic heterocycles. The Morgan fingerprint density at radius 2 is 1.97 bits per heavy atom. The summed E-state index contributed by atoms with van der Waals surface area (Å²) in [4.78, 5) is 28.0. The molecule has 1 aromatic rings. The van der Waals surface area contributed by atoms with Crippen LogP contribution in [0.15, 0.2) is 42.5 Å². The average molecular weight is 422 g/mol. The molecule has 4 fully saturated rings. The fraction of sp³-hybridized carbons (Fsp3) is 0.630. The molecule has 4 aliphatic rings. The van der Waals surface area contributed by atoms with E-state index in [0.29, 0.717) is 11.8 Å². The third-order valence-electron chi connectivity index (χ3n) is 8.79. The van der Waals surface area contributed by atoms with Gasteiger partial charge in [-0.2, -0.15) is 0 Å². The molecule has 5 atom stereocenters. The Kier molecular flexibility index (Phi) is 5.54. The van der Waals surface area contributed by atoms with Crippen molar-refractivity contribution in [2.45, 2.75) is 58.0 Å². The van der Waals surface area contributed by atoms with Crippen LogP contribution in [0.25, 0.3) is 0 Å². The maximum absolute atomic E-state index is 12.8. The molecule has 2 aliphatic heterocycles. The number of nitrogens with zero attached hydrogens (tertiary/aromatic N) is 1. The zero-order valence-corrected chi connectivity index (χ0v) is 18.7. The zero-order chi connectivity index (χ0) is 21.6. The molecule has 2 saturated heterocycles. The number of hydrogen-bond acceptors (Lipinski definition) is 4. The first-order chi connectivity index (χ1) is 14.9. The van der Waals surface area contributed by atoms with E-state index in [2.05, 4.69) is 18.4 Å². The number of allylic oxidation sites excluding steroid dienone is 1. The van der Waals surface area contributed by atoms with E-state index >= 15 is 0 Å². The van der Waals surface area contributed by atoms with Gasteiger partial charge in [-0.05, 0) is 69.4 Å². The highest BCUT2D eigenvalue weighted by atomic mass is 16.6. The number of benzene rings is 1. The zero-order valence-electron chi connectivity index (χ0n) is 18.7. The first-order valence-electron chi connectivity index (χ1n) is 12.1. The third-order valence-corrected chi connectivity index (χ3v) is 8.79. The van der Waals surface area contributed by atoms with Crippen molar-refractivity contribution in [3.63, 3.8) is 0 Å². The summed E-state index contributed by atoms with van der Waals surface area (Å²) in [6, 6.07) is 9.64. The molecule has 5 rings (SSSR count). The molecule has 2 heterocycles. The fourth-order valence-electron chi connectivity index (χ4n) is 6.96. The predicted molar refractivity (Wildman–Crippen MR) is 121 cm³/mol. The number of ether oxygens (including phenoxy) is 1. The van der Waals surface area contributed by atoms with Gasteiger partial charge in [0, 0.05) is 23.9 Å². The van der Waals surface area contributed by atoms with Gasteiger partial charge >= 0.3 is 5.97 Å². The van der Waals surface area contributed by atoms with E-state index in [1.165, 1.54) is 18.4 Å². The maximum atomic E-state index is 12.8. The van der Waals surface area contributed by atoms with Gasteiger partial charge in [0.1, 0.15) is 6.10 Å². The molecular weight excluding hydrogens is 386 g/mol. The fourth-order valence-corrected chi connectivity index (χ4v) is 6.96. The standard InChI is InChI=1S/C27H35NO3/c1-18-7-6-12-27(2)16-24-21(15-23(18)27)22(26(30)31-24)17-28-13-10-20(11-14-28)25(29)19-8-4-3-5-9-19/h3-5,8-9,20-24H,1,6-7,10-17H2,2H3. The number of esters is 1. The summed E-state index contributed by atoms with van der Waals surface area (Å²) >= 11 is 0. The first-order valence-corrected chi connectivity index (χ1v) is 12.1. The number of fused-ring (bicyclic) bond motifs is 2. The summed E-state index contributed by atoms with van der Waals surface area (Å²) in [7, 11) is 0. The van der Waals surface area contributed by atoms with Crippen LogP contribution in [0, 0.1) is 29.1 Å². The van der Waals surface area contributed by atoms with Crippen LogP contribution in [0.3, 0.4) is 0 Å². The van der Waals surface area contributed by atoms with Crippen molar-refractivity contribution in [1.29, 1.82) is 0 Å². The first kappa shape index (κ1) is 20.9. The van der Waals surface area contributed by atoms with Gasteiger partial charge in [0.15, 0.2) is 5.78 Å². The van der Waals surface area contributed by atoms with Crippen LogP contribution in [0.2, 0.25) is 0 Å². The minimum atomic E-state index is -0.0225. The number of carbonyl (C=O) groups is 2. The number of hydrogen-bond donors (Lipinski definition) is 0. The summed E-state index contributed by atoms with van der Waals surface area (Å²) in [5.74, 6) is 1.21. The molecule has 2 saturated carbocycles. The van der Waals surface area contributed by atoms with Gasteiger partial charge in [-0.1, -0.05) is 49.4 Å². The smallest absolute Gasteiger partial charge is 0.310 e. The molecule has 1 aromatic carbocycles. The normalized spacial score (nSPS) is 36.5. The Bertz CT molecular complexity index is 856. The topological polar surface area (TPSA) is 46.6 Å². The van der Waals surface area contributed by atoms with Crippen LogP contribution in [0.4, 0.5) is 0 Å². The van der Waals surface area contributed by atoms with Crippen molar-refractivity contribution in [3.05, 3.63) is 48.0 Å². The van der Waals surface area contributed by atoms with E-state index in [1.54, 1.807) is 0 Å². The molecule has 4 heteroatoms. The van der Waals surface area contributed by atoms with E-state index in [1.807, 2.05) is 30.3 Å². The van der Waals surface area contributed by atoms with Gasteiger partial charge in [0.05, 0.1) is 5.92 Å². The Morgan fingerprint density at radius 3 is 2.71 bits per heavy atom. The molecular formula is C27H35NO3. The molecule has 31 heavy (non-hydrogen) atoms. The van der Waals surface area contributed by atoms with Gasteiger partial charge in [-0.15, -0.1) is 0 Å². The lowest BCUT2D eigenvalue weighted by molar-refractivity contribution is -0.146. The molecule has 0 spiro atoms. The van der Waals surface area contributed by atoms with Crippen LogP contribution in [-0.4, -0.2) is 42.4 Å². The SMILES string of the molecule is C=C1CCCC2(C)CC3OC(=O)C(CN4CCC(C(=O)c5ccccc5)CC4)C3CC12. The summed E-state index contributed by atoms with van der Waals surface area (Å²) < 4.78 is 5.94. The van der Waals surface area contributed by atoms with E-state index < -0.39 is 0 Å². The van der Waals surface area contributed by atoms with Crippen molar-refractivity contribution >= 4 is 11.8 Å². The largest absolute Gasteiger partial charge is 0.462 e. The van der Waals surface area contributed by atoms with Crippen molar-refractivity contribution in [2.75, 3.05) is 19.6 Å². The predicted octanol–water partition coefficient (Wildman–Crippen LogP) is 4.90. The highest BCUT2D eigenvalue weighted by Gasteiger charge is 2.55. The second-order valence-electron chi connectivity index (χ2n) is 10.7. The summed E-state index contributed by atoms with van der Waals surface area (Å²) in [6.07, 6.45) is 7.48. The second kappa shape index (κ2) is 8.20. The molecule has 0 radical (unpaired) electrons. The van der Waals surface area contributed by atoms with Crippen LogP contribution < -0.4 is 0 Å². The van der Waals surface area contributed by atoms with Gasteiger partial charge in [0.25, 0.3) is 0 Å². The highest BCUT2D eigenvalue weighted by Crippen LogP contribution is 2.57. The summed E-state index contributed by atoms with van der Waals surface area (Å²) in [5.41, 5.74) is 2.47. The molecule has 4 nitrogen and oxygen atoms in total. The van der Waals surface area contributed by atoms with Crippen LogP contribution >= 0.6 is 0 Å². The number of likely N-dealkylation sites (tertiary alicyclic amines) is 1. The molecule has 166 valence electrons. The lowest BCUT2D eigenvalue weighted by Gasteiger charge is -2.50. The molecule has 0 N–H and O–H groups in total. The highest BCUT2D eigenvalue weighted by molar-refractivity contribution is 5.97. The Balaban J connectivity index is 1.21. The van der Waals surface area contributed by atoms with Crippen molar-refractivity contribution in [2.24, 2.45) is 29.1 Å².